The maximum atomic E-state index is 12.6. The molecule has 3 rings (SSSR count). The minimum atomic E-state index is -3.78. The molecular formula is C16H24N4O4S. The van der Waals surface area contributed by atoms with E-state index in [1.165, 1.54) is 21.3 Å². The average Bonchev–Trinajstić information content (AvgIpc) is 2.76. The monoisotopic (exact) mass is 368 g/mol. The zero-order chi connectivity index (χ0) is 18.2. The van der Waals surface area contributed by atoms with Crippen molar-refractivity contribution in [2.75, 3.05) is 19.6 Å². The van der Waals surface area contributed by atoms with Gasteiger partial charge in [-0.3, -0.25) is 9.13 Å². The van der Waals surface area contributed by atoms with Crippen molar-refractivity contribution in [1.29, 1.82) is 0 Å². The van der Waals surface area contributed by atoms with Crippen LogP contribution >= 0.6 is 0 Å². The highest BCUT2D eigenvalue weighted by molar-refractivity contribution is 7.89. The lowest BCUT2D eigenvalue weighted by atomic mass is 9.95. The van der Waals surface area contributed by atoms with Gasteiger partial charge in [-0.05, 0) is 50.6 Å². The lowest BCUT2D eigenvalue weighted by Crippen LogP contribution is -2.43. The molecule has 0 amide bonds. The highest BCUT2D eigenvalue weighted by atomic mass is 32.2. The predicted molar refractivity (Wildman–Crippen MR) is 95.0 cm³/mol. The molecule has 3 N–H and O–H groups in total. The third-order valence-electron chi connectivity index (χ3n) is 4.91. The Balaban J connectivity index is 1.86. The van der Waals surface area contributed by atoms with E-state index in [9.17, 15) is 18.3 Å². The van der Waals surface area contributed by atoms with Crippen molar-refractivity contribution in [3.05, 3.63) is 28.7 Å². The van der Waals surface area contributed by atoms with Crippen LogP contribution in [0.5, 0.6) is 0 Å². The first-order valence-corrected chi connectivity index (χ1v) is 9.80. The molecule has 1 aliphatic heterocycles. The molecule has 1 aromatic heterocycles. The second-order valence-corrected chi connectivity index (χ2v) is 8.47. The number of aliphatic hydroxyl groups is 1. The molecule has 1 saturated heterocycles. The zero-order valence-corrected chi connectivity index (χ0v) is 15.3. The molecule has 0 saturated carbocycles. The molecule has 1 aromatic carbocycles. The molecule has 0 spiro atoms. The molecular weight excluding hydrogens is 344 g/mol. The molecule has 0 aliphatic carbocycles. The van der Waals surface area contributed by atoms with Crippen LogP contribution in [-0.2, 0) is 24.1 Å². The van der Waals surface area contributed by atoms with Gasteiger partial charge in [-0.1, -0.05) is 0 Å². The van der Waals surface area contributed by atoms with Gasteiger partial charge in [0.25, 0.3) is 0 Å². The Morgan fingerprint density at radius 1 is 1.20 bits per heavy atom. The first kappa shape index (κ1) is 18.1. The molecule has 1 fully saturated rings. The van der Waals surface area contributed by atoms with Crippen LogP contribution in [0.4, 0.5) is 0 Å². The van der Waals surface area contributed by atoms with E-state index in [0.717, 1.165) is 13.0 Å². The van der Waals surface area contributed by atoms with Crippen LogP contribution in [0.3, 0.4) is 0 Å². The molecule has 138 valence electrons. The summed E-state index contributed by atoms with van der Waals surface area (Å²) in [5, 5.41) is 13.8. The Labute approximate surface area is 146 Å². The number of rotatable bonds is 4. The highest BCUT2D eigenvalue weighted by Gasteiger charge is 2.30. The first-order valence-electron chi connectivity index (χ1n) is 8.32. The predicted octanol–water partition coefficient (Wildman–Crippen LogP) is -0.340. The molecule has 8 nitrogen and oxygen atoms in total. The number of fused-ring (bicyclic) bond motifs is 1. The summed E-state index contributed by atoms with van der Waals surface area (Å²) >= 11 is 0. The van der Waals surface area contributed by atoms with Gasteiger partial charge in [0, 0.05) is 20.6 Å². The SMILES string of the molecule is Cn1c(=O)n(C)c2cc(S(=O)(=O)NC[C@@]3(O)CCCNCC3)ccc21. The number of hydrogen-bond donors (Lipinski definition) is 3. The molecule has 1 atom stereocenters. The lowest BCUT2D eigenvalue weighted by molar-refractivity contribution is 0.0335. The van der Waals surface area contributed by atoms with Crippen LogP contribution in [0.25, 0.3) is 11.0 Å². The number of hydrogen-bond acceptors (Lipinski definition) is 5. The van der Waals surface area contributed by atoms with Crippen molar-refractivity contribution < 1.29 is 13.5 Å². The minimum Gasteiger partial charge on any atom is -0.388 e. The number of benzene rings is 1. The molecule has 1 aliphatic rings. The molecule has 2 heterocycles. The van der Waals surface area contributed by atoms with Gasteiger partial charge in [-0.2, -0.15) is 0 Å². The molecule has 0 bridgehead atoms. The first-order chi connectivity index (χ1) is 11.7. The smallest absolute Gasteiger partial charge is 0.328 e. The molecule has 2 aromatic rings. The summed E-state index contributed by atoms with van der Waals surface area (Å²) in [5.74, 6) is 0. The van der Waals surface area contributed by atoms with Crippen LogP contribution in [-0.4, -0.2) is 47.9 Å². The number of aromatic nitrogens is 2. The van der Waals surface area contributed by atoms with Gasteiger partial charge >= 0.3 is 5.69 Å². The highest BCUT2D eigenvalue weighted by Crippen LogP contribution is 2.21. The molecule has 0 radical (unpaired) electrons. The van der Waals surface area contributed by atoms with E-state index in [-0.39, 0.29) is 17.1 Å². The van der Waals surface area contributed by atoms with E-state index in [1.54, 1.807) is 20.2 Å². The maximum absolute atomic E-state index is 12.6. The Hall–Kier alpha value is -1.68. The topological polar surface area (TPSA) is 105 Å². The van der Waals surface area contributed by atoms with Gasteiger partial charge in [0.2, 0.25) is 10.0 Å². The summed E-state index contributed by atoms with van der Waals surface area (Å²) in [4.78, 5) is 12.1. The lowest BCUT2D eigenvalue weighted by Gasteiger charge is -2.26. The van der Waals surface area contributed by atoms with Crippen LogP contribution in [0.15, 0.2) is 27.9 Å². The summed E-state index contributed by atoms with van der Waals surface area (Å²) in [7, 11) is -0.524. The van der Waals surface area contributed by atoms with Gasteiger partial charge < -0.3 is 10.4 Å². The number of sulfonamides is 1. The third kappa shape index (κ3) is 3.50. The van der Waals surface area contributed by atoms with Gasteiger partial charge in [0.1, 0.15) is 0 Å². The summed E-state index contributed by atoms with van der Waals surface area (Å²) in [5.41, 5.74) is -0.0364. The Morgan fingerprint density at radius 3 is 2.68 bits per heavy atom. The van der Waals surface area contributed by atoms with E-state index in [4.69, 9.17) is 0 Å². The van der Waals surface area contributed by atoms with Crippen molar-refractivity contribution >= 4 is 21.1 Å². The summed E-state index contributed by atoms with van der Waals surface area (Å²) in [6, 6.07) is 4.58. The number of aryl methyl sites for hydroxylation is 2. The van der Waals surface area contributed by atoms with E-state index in [0.29, 0.717) is 30.4 Å². The van der Waals surface area contributed by atoms with Gasteiger partial charge in [0.15, 0.2) is 0 Å². The zero-order valence-electron chi connectivity index (χ0n) is 14.4. The van der Waals surface area contributed by atoms with Crippen LogP contribution < -0.4 is 15.7 Å². The second-order valence-electron chi connectivity index (χ2n) is 6.70. The van der Waals surface area contributed by atoms with Crippen molar-refractivity contribution in [1.82, 2.24) is 19.2 Å². The Morgan fingerprint density at radius 2 is 1.92 bits per heavy atom. The summed E-state index contributed by atoms with van der Waals surface area (Å²) in [6.45, 7) is 1.47. The van der Waals surface area contributed by atoms with Gasteiger partial charge in [-0.15, -0.1) is 0 Å². The van der Waals surface area contributed by atoms with E-state index in [2.05, 4.69) is 10.0 Å². The molecule has 9 heteroatoms. The second kappa shape index (κ2) is 6.56. The van der Waals surface area contributed by atoms with E-state index < -0.39 is 15.6 Å². The van der Waals surface area contributed by atoms with Crippen LogP contribution in [0, 0.1) is 0 Å². The normalized spacial score (nSPS) is 22.2. The third-order valence-corrected chi connectivity index (χ3v) is 6.31. The molecule has 25 heavy (non-hydrogen) atoms. The van der Waals surface area contributed by atoms with Crippen LogP contribution in [0.1, 0.15) is 19.3 Å². The van der Waals surface area contributed by atoms with Gasteiger partial charge in [0.05, 0.1) is 21.5 Å². The largest absolute Gasteiger partial charge is 0.388 e. The van der Waals surface area contributed by atoms with Crippen LogP contribution in [0.2, 0.25) is 0 Å². The number of nitrogens with one attached hydrogen (secondary N) is 2. The fourth-order valence-electron chi connectivity index (χ4n) is 3.26. The Bertz CT molecular complexity index is 937. The van der Waals surface area contributed by atoms with Crippen molar-refractivity contribution in [2.45, 2.75) is 29.8 Å². The minimum absolute atomic E-state index is 0.0250. The number of nitrogens with zero attached hydrogens (tertiary/aromatic N) is 2. The summed E-state index contributed by atoms with van der Waals surface area (Å²) < 4.78 is 30.6. The molecule has 0 unspecified atom stereocenters. The fraction of sp³-hybridized carbons (Fsp3) is 0.562. The van der Waals surface area contributed by atoms with Gasteiger partial charge in [-0.25, -0.2) is 17.9 Å². The fourth-order valence-corrected chi connectivity index (χ4v) is 4.40. The van der Waals surface area contributed by atoms with E-state index >= 15 is 0 Å². The standard InChI is InChI=1S/C16H24N4O4S/c1-19-13-5-4-12(10-14(13)20(2)15(19)21)25(23,24)18-11-16(22)6-3-8-17-9-7-16/h4-5,10,17-18,22H,3,6-9,11H2,1-2H3/t16-/m1/s1. The number of imidazole rings is 1. The summed E-state index contributed by atoms with van der Waals surface area (Å²) in [6.07, 6.45) is 1.85. The van der Waals surface area contributed by atoms with Crippen molar-refractivity contribution in [3.63, 3.8) is 0 Å². The van der Waals surface area contributed by atoms with Crippen molar-refractivity contribution in [2.24, 2.45) is 14.1 Å². The van der Waals surface area contributed by atoms with Crippen molar-refractivity contribution in [3.8, 4) is 0 Å². The average molecular weight is 368 g/mol. The quantitative estimate of drug-likeness (QED) is 0.685. The van der Waals surface area contributed by atoms with E-state index in [1.807, 2.05) is 0 Å². The maximum Gasteiger partial charge on any atom is 0.328 e. The Kier molecular flexibility index (Phi) is 4.76.